The van der Waals surface area contributed by atoms with Crippen molar-refractivity contribution in [2.75, 3.05) is 13.2 Å². The number of carbonyl (C=O) groups excluding carboxylic acids is 3. The Kier molecular flexibility index (Phi) is 53.9. The minimum absolute atomic E-state index is 0.0627. The molecule has 6 nitrogen and oxygen atoms in total. The van der Waals surface area contributed by atoms with Gasteiger partial charge in [-0.05, 0) is 37.0 Å². The Morgan fingerprint density at radius 2 is 0.500 bits per heavy atom. The maximum absolute atomic E-state index is 12.9. The first-order chi connectivity index (χ1) is 34.1. The minimum Gasteiger partial charge on any atom is -0.462 e. The summed E-state index contributed by atoms with van der Waals surface area (Å²) in [6.45, 7) is 13.8. The molecule has 0 fully saturated rings. The quantitative estimate of drug-likeness (QED) is 0.0343. The number of hydrogen-bond acceptors (Lipinski definition) is 6. The van der Waals surface area contributed by atoms with Gasteiger partial charge in [0.05, 0.1) is 0 Å². The predicted octanol–water partition coefficient (Wildman–Crippen LogP) is 21.1. The van der Waals surface area contributed by atoms with E-state index in [4.69, 9.17) is 14.2 Å². The third-order valence-corrected chi connectivity index (χ3v) is 15.0. The highest BCUT2D eigenvalue weighted by Crippen LogP contribution is 2.19. The molecule has 0 aliphatic carbocycles. The van der Waals surface area contributed by atoms with Crippen LogP contribution in [0.3, 0.4) is 0 Å². The molecule has 0 heterocycles. The molecule has 0 rings (SSSR count). The summed E-state index contributed by atoms with van der Waals surface area (Å²) in [5.41, 5.74) is 0. The third-order valence-electron chi connectivity index (χ3n) is 15.0. The van der Waals surface area contributed by atoms with E-state index < -0.39 is 6.10 Å². The SMILES string of the molecule is CCC(C)CCCCCCCCCCCCCCCCC(=O)OC[C@H](COC(=O)CCCCCCCCCCCCCCC(C)C)OC(=O)CCCCCCCCCCCCCCCCCCC(C)C. The van der Waals surface area contributed by atoms with Crippen LogP contribution in [-0.4, -0.2) is 37.2 Å². The van der Waals surface area contributed by atoms with E-state index >= 15 is 0 Å². The molecule has 0 bridgehead atoms. The van der Waals surface area contributed by atoms with Gasteiger partial charge < -0.3 is 14.2 Å². The second kappa shape index (κ2) is 55.2. The van der Waals surface area contributed by atoms with Crippen molar-refractivity contribution in [1.82, 2.24) is 0 Å². The summed E-state index contributed by atoms with van der Waals surface area (Å²) in [5, 5.41) is 0. The van der Waals surface area contributed by atoms with Crippen LogP contribution in [0.2, 0.25) is 0 Å². The van der Waals surface area contributed by atoms with Crippen molar-refractivity contribution in [3.05, 3.63) is 0 Å². The number of esters is 3. The number of rotatable bonds is 57. The zero-order valence-electron chi connectivity index (χ0n) is 48.3. The molecule has 0 aromatic rings. The van der Waals surface area contributed by atoms with Crippen molar-refractivity contribution in [2.24, 2.45) is 17.8 Å². The molecule has 0 spiro atoms. The number of ether oxygens (including phenoxy) is 3. The average molecular weight is 990 g/mol. The lowest BCUT2D eigenvalue weighted by molar-refractivity contribution is -0.167. The van der Waals surface area contributed by atoms with Crippen LogP contribution in [0.5, 0.6) is 0 Å². The van der Waals surface area contributed by atoms with Crippen LogP contribution < -0.4 is 0 Å². The maximum Gasteiger partial charge on any atom is 0.306 e. The van der Waals surface area contributed by atoms with Gasteiger partial charge in [-0.2, -0.15) is 0 Å². The lowest BCUT2D eigenvalue weighted by Gasteiger charge is -2.18. The van der Waals surface area contributed by atoms with Gasteiger partial charge in [0, 0.05) is 19.3 Å². The van der Waals surface area contributed by atoms with E-state index in [9.17, 15) is 14.4 Å². The molecule has 0 aliphatic rings. The van der Waals surface area contributed by atoms with Crippen LogP contribution in [0.1, 0.15) is 356 Å². The first-order valence-corrected chi connectivity index (χ1v) is 31.6. The molecule has 416 valence electrons. The van der Waals surface area contributed by atoms with Crippen molar-refractivity contribution in [3.63, 3.8) is 0 Å². The van der Waals surface area contributed by atoms with E-state index in [1.807, 2.05) is 0 Å². The monoisotopic (exact) mass is 989 g/mol. The summed E-state index contributed by atoms with van der Waals surface area (Å²) in [6.07, 6.45) is 59.5. The highest BCUT2D eigenvalue weighted by Gasteiger charge is 2.19. The predicted molar refractivity (Wildman–Crippen MR) is 303 cm³/mol. The first-order valence-electron chi connectivity index (χ1n) is 31.6. The van der Waals surface area contributed by atoms with Crippen molar-refractivity contribution in [1.29, 1.82) is 0 Å². The van der Waals surface area contributed by atoms with Gasteiger partial charge in [-0.15, -0.1) is 0 Å². The Bertz CT molecular complexity index is 1090. The van der Waals surface area contributed by atoms with E-state index in [-0.39, 0.29) is 31.1 Å². The fourth-order valence-corrected chi connectivity index (χ4v) is 9.85. The Balaban J connectivity index is 4.30. The average Bonchev–Trinajstić information content (AvgIpc) is 3.33. The van der Waals surface area contributed by atoms with Crippen LogP contribution in [0, 0.1) is 17.8 Å². The summed E-state index contributed by atoms with van der Waals surface area (Å²) in [6, 6.07) is 0. The lowest BCUT2D eigenvalue weighted by atomic mass is 9.99. The molecule has 2 atom stereocenters. The van der Waals surface area contributed by atoms with Gasteiger partial charge in [-0.25, -0.2) is 0 Å². The van der Waals surface area contributed by atoms with Gasteiger partial charge in [0.1, 0.15) is 13.2 Å². The summed E-state index contributed by atoms with van der Waals surface area (Å²) < 4.78 is 17.0. The fourth-order valence-electron chi connectivity index (χ4n) is 9.85. The molecule has 0 N–H and O–H groups in total. The highest BCUT2D eigenvalue weighted by atomic mass is 16.6. The van der Waals surface area contributed by atoms with E-state index in [1.54, 1.807) is 0 Å². The van der Waals surface area contributed by atoms with Crippen molar-refractivity contribution in [2.45, 2.75) is 362 Å². The Hall–Kier alpha value is -1.59. The summed E-state index contributed by atoms with van der Waals surface area (Å²) in [7, 11) is 0. The van der Waals surface area contributed by atoms with Crippen LogP contribution >= 0.6 is 0 Å². The fraction of sp³-hybridized carbons (Fsp3) is 0.953. The number of unbranched alkanes of at least 4 members (excludes halogenated alkanes) is 39. The molecule has 0 amide bonds. The molecule has 0 saturated heterocycles. The van der Waals surface area contributed by atoms with Crippen LogP contribution in [-0.2, 0) is 28.6 Å². The zero-order valence-corrected chi connectivity index (χ0v) is 48.3. The third kappa shape index (κ3) is 55.7. The zero-order chi connectivity index (χ0) is 51.2. The molecule has 70 heavy (non-hydrogen) atoms. The second-order valence-corrected chi connectivity index (χ2v) is 23.2. The Morgan fingerprint density at radius 1 is 0.286 bits per heavy atom. The molecule has 0 aliphatic heterocycles. The van der Waals surface area contributed by atoms with Crippen LogP contribution in [0.25, 0.3) is 0 Å². The minimum atomic E-state index is -0.764. The van der Waals surface area contributed by atoms with Crippen molar-refractivity contribution < 1.29 is 28.6 Å². The molecule has 0 aromatic carbocycles. The van der Waals surface area contributed by atoms with Gasteiger partial charge in [-0.3, -0.25) is 14.4 Å². The first kappa shape index (κ1) is 68.4. The van der Waals surface area contributed by atoms with Gasteiger partial charge >= 0.3 is 17.9 Å². The van der Waals surface area contributed by atoms with Crippen molar-refractivity contribution in [3.8, 4) is 0 Å². The summed E-state index contributed by atoms with van der Waals surface area (Å²) in [5.74, 6) is 1.74. The Labute approximate surface area is 438 Å². The molecular weight excluding hydrogens is 865 g/mol. The van der Waals surface area contributed by atoms with E-state index in [0.29, 0.717) is 19.3 Å². The van der Waals surface area contributed by atoms with Gasteiger partial charge in [0.25, 0.3) is 0 Å². The molecule has 6 heteroatoms. The van der Waals surface area contributed by atoms with E-state index in [0.717, 1.165) is 75.5 Å². The van der Waals surface area contributed by atoms with Gasteiger partial charge in [0.15, 0.2) is 6.10 Å². The molecule has 0 saturated carbocycles. The van der Waals surface area contributed by atoms with Crippen LogP contribution in [0.15, 0.2) is 0 Å². The van der Waals surface area contributed by atoms with Crippen LogP contribution in [0.4, 0.5) is 0 Å². The standard InChI is InChI=1S/C64H124O6/c1-7-60(6)52-46-40-34-28-22-15-12-13-16-23-29-35-41-47-53-62(65)68-56-61(57-69-63(66)54-48-42-36-30-24-19-18-21-27-33-39-45-51-59(4)5)70-64(67)55-49-43-37-31-25-17-11-9-8-10-14-20-26-32-38-44-50-58(2)3/h58-61H,7-57H2,1-6H3/t60?,61-/m1/s1. The topological polar surface area (TPSA) is 78.9 Å². The van der Waals surface area contributed by atoms with E-state index in [2.05, 4.69) is 41.5 Å². The normalized spacial score (nSPS) is 12.5. The molecule has 0 radical (unpaired) electrons. The molecular formula is C64H124O6. The van der Waals surface area contributed by atoms with E-state index in [1.165, 1.54) is 238 Å². The lowest BCUT2D eigenvalue weighted by Crippen LogP contribution is -2.30. The number of hydrogen-bond donors (Lipinski definition) is 0. The highest BCUT2D eigenvalue weighted by molar-refractivity contribution is 5.71. The maximum atomic E-state index is 12.9. The summed E-state index contributed by atoms with van der Waals surface area (Å²) in [4.78, 5) is 38.3. The van der Waals surface area contributed by atoms with Crippen molar-refractivity contribution >= 4 is 17.9 Å². The number of carbonyl (C=O) groups is 3. The Morgan fingerprint density at radius 3 is 0.743 bits per heavy atom. The molecule has 1 unspecified atom stereocenters. The molecule has 0 aromatic heterocycles. The van der Waals surface area contributed by atoms with Gasteiger partial charge in [-0.1, -0.05) is 318 Å². The summed E-state index contributed by atoms with van der Waals surface area (Å²) >= 11 is 0. The smallest absolute Gasteiger partial charge is 0.306 e. The largest absolute Gasteiger partial charge is 0.462 e. The second-order valence-electron chi connectivity index (χ2n) is 23.2. The van der Waals surface area contributed by atoms with Gasteiger partial charge in [0.2, 0.25) is 0 Å².